The zero-order chi connectivity index (χ0) is 21.4. The number of allylic oxidation sites excluding steroid dienone is 4. The minimum absolute atomic E-state index is 0.00153. The molecular formula is C24H32N2O4. The van der Waals surface area contributed by atoms with Crippen LogP contribution in [0.15, 0.2) is 54.1 Å². The van der Waals surface area contributed by atoms with Crippen LogP contribution in [0.5, 0.6) is 0 Å². The standard InChI is InChI=1S/C24H32N2O4/c27-22(25-21-15-7-4-8-16-21)17-9-1-2-10-18-23(28)26-30-24(29)19-11-14-20-12-5-3-6-13-20/h4-5,7-8,12-13,15-16H,1-3,6,9-11,14,17-19H2,(H,25,27)(H,26,28). The Hall–Kier alpha value is -2.89. The molecule has 0 bridgehead atoms. The van der Waals surface area contributed by atoms with Crippen molar-refractivity contribution in [3.8, 4) is 0 Å². The summed E-state index contributed by atoms with van der Waals surface area (Å²) in [6.07, 6.45) is 14.4. The highest BCUT2D eigenvalue weighted by Gasteiger charge is 2.08. The first-order valence-corrected chi connectivity index (χ1v) is 10.8. The van der Waals surface area contributed by atoms with Gasteiger partial charge in [0.05, 0.1) is 0 Å². The number of amides is 2. The predicted molar refractivity (Wildman–Crippen MR) is 117 cm³/mol. The summed E-state index contributed by atoms with van der Waals surface area (Å²) in [5.74, 6) is -0.696. The van der Waals surface area contributed by atoms with E-state index in [4.69, 9.17) is 4.84 Å². The van der Waals surface area contributed by atoms with Crippen LogP contribution in [0.25, 0.3) is 0 Å². The van der Waals surface area contributed by atoms with Crippen molar-refractivity contribution in [2.45, 2.75) is 70.6 Å². The van der Waals surface area contributed by atoms with Crippen molar-refractivity contribution >= 4 is 23.5 Å². The van der Waals surface area contributed by atoms with Crippen LogP contribution in [0.1, 0.15) is 70.6 Å². The molecule has 0 spiro atoms. The Morgan fingerprint density at radius 3 is 2.27 bits per heavy atom. The number of benzene rings is 1. The second-order valence-electron chi connectivity index (χ2n) is 7.44. The molecule has 6 nitrogen and oxygen atoms in total. The topological polar surface area (TPSA) is 84.5 Å². The van der Waals surface area contributed by atoms with Gasteiger partial charge in [0.15, 0.2) is 0 Å². The molecule has 2 rings (SSSR count). The number of anilines is 1. The molecule has 0 heterocycles. The van der Waals surface area contributed by atoms with E-state index in [-0.39, 0.29) is 18.2 Å². The molecule has 0 radical (unpaired) electrons. The molecular weight excluding hydrogens is 380 g/mol. The lowest BCUT2D eigenvalue weighted by Gasteiger charge is -2.08. The number of unbranched alkanes of at least 4 members (excludes halogenated alkanes) is 3. The van der Waals surface area contributed by atoms with E-state index in [1.54, 1.807) is 0 Å². The molecule has 1 aliphatic carbocycles. The predicted octanol–water partition coefficient (Wildman–Crippen LogP) is 4.99. The minimum atomic E-state index is -0.409. The number of hydrogen-bond donors (Lipinski definition) is 2. The van der Waals surface area contributed by atoms with Crippen LogP contribution >= 0.6 is 0 Å². The van der Waals surface area contributed by atoms with Crippen LogP contribution in [-0.2, 0) is 19.2 Å². The van der Waals surface area contributed by atoms with Gasteiger partial charge in [-0.2, -0.15) is 5.48 Å². The molecule has 0 saturated heterocycles. The fourth-order valence-electron chi connectivity index (χ4n) is 3.18. The molecule has 0 aromatic heterocycles. The summed E-state index contributed by atoms with van der Waals surface area (Å²) in [5, 5.41) is 2.85. The van der Waals surface area contributed by atoms with Crippen molar-refractivity contribution < 1.29 is 19.2 Å². The number of hydrogen-bond acceptors (Lipinski definition) is 4. The highest BCUT2D eigenvalue weighted by atomic mass is 16.7. The molecule has 1 aromatic rings. The smallest absolute Gasteiger partial charge is 0.332 e. The van der Waals surface area contributed by atoms with E-state index < -0.39 is 5.97 Å². The van der Waals surface area contributed by atoms with E-state index in [0.29, 0.717) is 25.7 Å². The minimum Gasteiger partial charge on any atom is -0.341 e. The molecule has 2 N–H and O–H groups in total. The molecule has 1 aliphatic rings. The highest BCUT2D eigenvalue weighted by Crippen LogP contribution is 2.15. The molecule has 1 aromatic carbocycles. The van der Waals surface area contributed by atoms with E-state index in [9.17, 15) is 14.4 Å². The van der Waals surface area contributed by atoms with Gasteiger partial charge in [-0.05, 0) is 50.7 Å². The van der Waals surface area contributed by atoms with Crippen molar-refractivity contribution in [2.24, 2.45) is 0 Å². The Kier molecular flexibility index (Phi) is 11.0. The Balaban J connectivity index is 1.42. The van der Waals surface area contributed by atoms with Gasteiger partial charge in [-0.25, -0.2) is 4.79 Å². The van der Waals surface area contributed by atoms with Crippen LogP contribution in [0.3, 0.4) is 0 Å². The molecule has 6 heteroatoms. The zero-order valence-electron chi connectivity index (χ0n) is 17.5. The molecule has 0 atom stereocenters. The van der Waals surface area contributed by atoms with Crippen LogP contribution < -0.4 is 10.8 Å². The van der Waals surface area contributed by atoms with E-state index in [1.165, 1.54) is 5.57 Å². The maximum Gasteiger partial charge on any atom is 0.332 e. The first kappa shape index (κ1) is 23.4. The first-order valence-electron chi connectivity index (χ1n) is 10.8. The van der Waals surface area contributed by atoms with Crippen LogP contribution in [0, 0.1) is 0 Å². The molecule has 0 fully saturated rings. The van der Waals surface area contributed by atoms with Gasteiger partial charge in [-0.1, -0.05) is 54.8 Å². The van der Waals surface area contributed by atoms with Gasteiger partial charge >= 0.3 is 5.97 Å². The van der Waals surface area contributed by atoms with E-state index >= 15 is 0 Å². The van der Waals surface area contributed by atoms with Crippen molar-refractivity contribution in [3.63, 3.8) is 0 Å². The average Bonchev–Trinajstić information content (AvgIpc) is 2.76. The fraction of sp³-hybridized carbons (Fsp3) is 0.458. The number of hydroxylamine groups is 1. The number of carbonyl (C=O) groups excluding carboxylic acids is 3. The van der Waals surface area contributed by atoms with Gasteiger partial charge in [0, 0.05) is 24.9 Å². The van der Waals surface area contributed by atoms with Gasteiger partial charge in [-0.15, -0.1) is 0 Å². The summed E-state index contributed by atoms with van der Waals surface area (Å²) < 4.78 is 0. The van der Waals surface area contributed by atoms with E-state index in [1.807, 2.05) is 30.3 Å². The second-order valence-corrected chi connectivity index (χ2v) is 7.44. The Bertz CT molecular complexity index is 741. The normalized spacial score (nSPS) is 12.7. The van der Waals surface area contributed by atoms with Gasteiger partial charge < -0.3 is 10.2 Å². The largest absolute Gasteiger partial charge is 0.341 e. The summed E-state index contributed by atoms with van der Waals surface area (Å²) in [7, 11) is 0. The maximum absolute atomic E-state index is 11.8. The van der Waals surface area contributed by atoms with Crippen molar-refractivity contribution in [1.29, 1.82) is 0 Å². The number of carbonyl (C=O) groups is 3. The number of rotatable bonds is 12. The fourth-order valence-corrected chi connectivity index (χ4v) is 3.18. The Morgan fingerprint density at radius 2 is 1.57 bits per heavy atom. The highest BCUT2D eigenvalue weighted by molar-refractivity contribution is 5.90. The van der Waals surface area contributed by atoms with Gasteiger partial charge in [0.2, 0.25) is 5.91 Å². The number of nitrogens with one attached hydrogen (secondary N) is 2. The third kappa shape index (κ3) is 10.6. The SMILES string of the molecule is O=C(CCCCCCC(=O)Nc1ccccc1)NOC(=O)CCCC1=CCCC=C1. The first-order chi connectivity index (χ1) is 14.6. The lowest BCUT2D eigenvalue weighted by Crippen LogP contribution is -2.26. The zero-order valence-corrected chi connectivity index (χ0v) is 17.5. The quantitative estimate of drug-likeness (QED) is 0.374. The second kappa shape index (κ2) is 14.1. The molecule has 0 unspecified atom stereocenters. The molecule has 2 amide bonds. The average molecular weight is 413 g/mol. The number of para-hydroxylation sites is 1. The lowest BCUT2D eigenvalue weighted by molar-refractivity contribution is -0.158. The molecule has 30 heavy (non-hydrogen) atoms. The van der Waals surface area contributed by atoms with Crippen LogP contribution in [0.4, 0.5) is 5.69 Å². The molecule has 162 valence electrons. The molecule has 0 saturated carbocycles. The summed E-state index contributed by atoms with van der Waals surface area (Å²) in [5.41, 5.74) is 4.29. The monoisotopic (exact) mass is 412 g/mol. The third-order valence-corrected chi connectivity index (χ3v) is 4.81. The van der Waals surface area contributed by atoms with Crippen LogP contribution in [-0.4, -0.2) is 17.8 Å². The summed E-state index contributed by atoms with van der Waals surface area (Å²) in [6.45, 7) is 0. The lowest BCUT2D eigenvalue weighted by atomic mass is 10.0. The third-order valence-electron chi connectivity index (χ3n) is 4.81. The maximum atomic E-state index is 11.8. The van der Waals surface area contributed by atoms with Crippen LogP contribution in [0.2, 0.25) is 0 Å². The summed E-state index contributed by atoms with van der Waals surface area (Å²) in [6, 6.07) is 9.38. The van der Waals surface area contributed by atoms with E-state index in [2.05, 4.69) is 29.0 Å². The Morgan fingerprint density at radius 1 is 0.833 bits per heavy atom. The summed E-state index contributed by atoms with van der Waals surface area (Å²) in [4.78, 5) is 40.1. The van der Waals surface area contributed by atoms with Crippen molar-refractivity contribution in [2.75, 3.05) is 5.32 Å². The summed E-state index contributed by atoms with van der Waals surface area (Å²) >= 11 is 0. The Labute approximate surface area is 178 Å². The van der Waals surface area contributed by atoms with Crippen molar-refractivity contribution in [1.82, 2.24) is 5.48 Å². The van der Waals surface area contributed by atoms with Gasteiger partial charge in [0.25, 0.3) is 5.91 Å². The van der Waals surface area contributed by atoms with Gasteiger partial charge in [-0.3, -0.25) is 9.59 Å². The van der Waals surface area contributed by atoms with E-state index in [0.717, 1.165) is 44.2 Å². The van der Waals surface area contributed by atoms with Crippen molar-refractivity contribution in [3.05, 3.63) is 54.1 Å². The molecule has 0 aliphatic heterocycles. The van der Waals surface area contributed by atoms with Gasteiger partial charge in [0.1, 0.15) is 0 Å².